The fraction of sp³-hybridized carbons (Fsp3) is 0.222. The molecule has 0 aliphatic heterocycles. The third-order valence-electron chi connectivity index (χ3n) is 3.27. The smallest absolute Gasteiger partial charge is 0.116 e. The largest absolute Gasteiger partial charge is 0.508 e. The van der Waals surface area contributed by atoms with Crippen molar-refractivity contribution in [1.82, 2.24) is 4.90 Å². The number of benzene rings is 2. The van der Waals surface area contributed by atoms with E-state index in [2.05, 4.69) is 11.8 Å². The second-order valence-electron chi connectivity index (χ2n) is 5.49. The number of hydrogen-bond acceptors (Lipinski definition) is 3. The molecule has 0 bridgehead atoms. The predicted molar refractivity (Wildman–Crippen MR) is 86.5 cm³/mol. The number of nitrogens with zero attached hydrogens (tertiary/aromatic N) is 1. The lowest BCUT2D eigenvalue weighted by atomic mass is 9.93. The van der Waals surface area contributed by atoms with Crippen LogP contribution in [0.2, 0.25) is 0 Å². The van der Waals surface area contributed by atoms with Crippen molar-refractivity contribution in [3.8, 4) is 11.5 Å². The molecular formula is C18H21NO2. The van der Waals surface area contributed by atoms with E-state index < -0.39 is 0 Å². The topological polar surface area (TPSA) is 43.7 Å². The summed E-state index contributed by atoms with van der Waals surface area (Å²) in [4.78, 5) is 2.11. The first kappa shape index (κ1) is 15.1. The van der Waals surface area contributed by atoms with E-state index in [1.165, 1.54) is 5.57 Å². The Morgan fingerprint density at radius 3 is 2.14 bits per heavy atom. The number of rotatable bonds is 4. The molecule has 21 heavy (non-hydrogen) atoms. The quantitative estimate of drug-likeness (QED) is 0.903. The molecule has 0 radical (unpaired) electrons. The van der Waals surface area contributed by atoms with Crippen LogP contribution in [0.25, 0.3) is 5.57 Å². The molecule has 0 aliphatic carbocycles. The van der Waals surface area contributed by atoms with Gasteiger partial charge in [0.15, 0.2) is 0 Å². The molecule has 2 aromatic rings. The van der Waals surface area contributed by atoms with Crippen molar-refractivity contribution in [3.63, 3.8) is 0 Å². The van der Waals surface area contributed by atoms with Gasteiger partial charge in [-0.3, -0.25) is 0 Å². The van der Waals surface area contributed by atoms with Gasteiger partial charge in [0, 0.05) is 6.54 Å². The van der Waals surface area contributed by atoms with Gasteiger partial charge in [-0.25, -0.2) is 0 Å². The highest BCUT2D eigenvalue weighted by atomic mass is 16.3. The Morgan fingerprint density at radius 2 is 1.57 bits per heavy atom. The van der Waals surface area contributed by atoms with Crippen LogP contribution in [-0.4, -0.2) is 35.8 Å². The molecule has 2 rings (SSSR count). The zero-order valence-electron chi connectivity index (χ0n) is 12.7. The molecule has 0 spiro atoms. The maximum Gasteiger partial charge on any atom is 0.116 e. The van der Waals surface area contributed by atoms with E-state index in [9.17, 15) is 10.2 Å². The first-order valence-corrected chi connectivity index (χ1v) is 6.90. The molecule has 0 unspecified atom stereocenters. The first-order chi connectivity index (χ1) is 9.97. The highest BCUT2D eigenvalue weighted by Gasteiger charge is 2.10. The van der Waals surface area contributed by atoms with Gasteiger partial charge in [0.05, 0.1) is 0 Å². The van der Waals surface area contributed by atoms with Gasteiger partial charge in [0.1, 0.15) is 11.5 Å². The van der Waals surface area contributed by atoms with Crippen LogP contribution in [-0.2, 0) is 0 Å². The van der Waals surface area contributed by atoms with Crippen LogP contribution in [0.3, 0.4) is 0 Å². The van der Waals surface area contributed by atoms with E-state index in [1.54, 1.807) is 24.3 Å². The van der Waals surface area contributed by atoms with Crippen LogP contribution >= 0.6 is 0 Å². The molecule has 3 heteroatoms. The van der Waals surface area contributed by atoms with E-state index in [0.29, 0.717) is 0 Å². The van der Waals surface area contributed by atoms with E-state index in [4.69, 9.17) is 0 Å². The molecular weight excluding hydrogens is 262 g/mol. The van der Waals surface area contributed by atoms with Gasteiger partial charge in [0.2, 0.25) is 0 Å². The molecule has 0 fully saturated rings. The first-order valence-electron chi connectivity index (χ1n) is 6.90. The fourth-order valence-corrected chi connectivity index (χ4v) is 2.50. The van der Waals surface area contributed by atoms with Crippen LogP contribution in [0.15, 0.2) is 54.1 Å². The van der Waals surface area contributed by atoms with Crippen molar-refractivity contribution in [3.05, 3.63) is 65.2 Å². The minimum Gasteiger partial charge on any atom is -0.508 e. The average Bonchev–Trinajstić information content (AvgIpc) is 2.40. The van der Waals surface area contributed by atoms with E-state index >= 15 is 0 Å². The average molecular weight is 283 g/mol. The zero-order valence-corrected chi connectivity index (χ0v) is 12.7. The molecule has 0 aliphatic rings. The van der Waals surface area contributed by atoms with Crippen LogP contribution in [0, 0.1) is 0 Å². The Hall–Kier alpha value is -2.26. The lowest BCUT2D eigenvalue weighted by Gasteiger charge is -2.17. The van der Waals surface area contributed by atoms with Crippen LogP contribution < -0.4 is 0 Å². The van der Waals surface area contributed by atoms with E-state index in [1.807, 2.05) is 38.4 Å². The van der Waals surface area contributed by atoms with Crippen molar-refractivity contribution in [2.24, 2.45) is 0 Å². The van der Waals surface area contributed by atoms with Gasteiger partial charge in [0.25, 0.3) is 0 Å². The standard InChI is InChI=1S/C18H21NO2/c1-13(12-19(2)3)18(14-7-9-16(20)10-8-14)15-5-4-6-17(21)11-15/h4-11,20-21H,12H2,1-3H3/b18-13+. The Balaban J connectivity index is 2.56. The fourth-order valence-electron chi connectivity index (χ4n) is 2.50. The van der Waals surface area contributed by atoms with Gasteiger partial charge in [-0.05, 0) is 62.0 Å². The number of phenolic OH excluding ortho intramolecular Hbond substituents is 2. The summed E-state index contributed by atoms with van der Waals surface area (Å²) in [6.07, 6.45) is 0. The second kappa shape index (κ2) is 6.46. The van der Waals surface area contributed by atoms with Crippen LogP contribution in [0.5, 0.6) is 11.5 Å². The lowest BCUT2D eigenvalue weighted by molar-refractivity contribution is 0.446. The van der Waals surface area contributed by atoms with Crippen LogP contribution in [0.1, 0.15) is 18.1 Å². The summed E-state index contributed by atoms with van der Waals surface area (Å²) in [6, 6.07) is 14.4. The number of hydrogen-bond donors (Lipinski definition) is 2. The summed E-state index contributed by atoms with van der Waals surface area (Å²) in [7, 11) is 4.06. The molecule has 0 aromatic heterocycles. The molecule has 0 saturated carbocycles. The summed E-state index contributed by atoms with van der Waals surface area (Å²) in [6.45, 7) is 2.91. The number of likely N-dealkylation sites (N-methyl/N-ethyl adjacent to an activating group) is 1. The maximum absolute atomic E-state index is 9.74. The molecule has 0 amide bonds. The Bertz CT molecular complexity index is 643. The van der Waals surface area contributed by atoms with Gasteiger partial charge in [-0.15, -0.1) is 0 Å². The summed E-state index contributed by atoms with van der Waals surface area (Å²) in [5.41, 5.74) is 4.29. The van der Waals surface area contributed by atoms with Gasteiger partial charge in [-0.2, -0.15) is 0 Å². The Morgan fingerprint density at radius 1 is 0.905 bits per heavy atom. The van der Waals surface area contributed by atoms with Crippen molar-refractivity contribution >= 4 is 5.57 Å². The highest BCUT2D eigenvalue weighted by molar-refractivity contribution is 5.82. The minimum atomic E-state index is 0.249. The van der Waals surface area contributed by atoms with Gasteiger partial charge >= 0.3 is 0 Å². The van der Waals surface area contributed by atoms with Crippen molar-refractivity contribution in [1.29, 1.82) is 0 Å². The SMILES string of the molecule is C/C(CN(C)C)=C(/c1ccc(O)cc1)c1cccc(O)c1. The minimum absolute atomic E-state index is 0.249. The summed E-state index contributed by atoms with van der Waals surface area (Å²) < 4.78 is 0. The summed E-state index contributed by atoms with van der Waals surface area (Å²) >= 11 is 0. The number of phenols is 2. The third-order valence-corrected chi connectivity index (χ3v) is 3.27. The van der Waals surface area contributed by atoms with Crippen molar-refractivity contribution in [2.75, 3.05) is 20.6 Å². The molecule has 0 saturated heterocycles. The molecule has 110 valence electrons. The normalized spacial score (nSPS) is 12.4. The second-order valence-corrected chi connectivity index (χ2v) is 5.49. The summed E-state index contributed by atoms with van der Waals surface area (Å²) in [5.74, 6) is 0.501. The summed E-state index contributed by atoms with van der Waals surface area (Å²) in [5, 5.41) is 19.2. The maximum atomic E-state index is 9.74. The van der Waals surface area contributed by atoms with Crippen molar-refractivity contribution in [2.45, 2.75) is 6.92 Å². The van der Waals surface area contributed by atoms with Gasteiger partial charge < -0.3 is 15.1 Å². The predicted octanol–water partition coefficient (Wildman–Crippen LogP) is 3.48. The number of aromatic hydroxyl groups is 2. The molecule has 0 heterocycles. The molecule has 3 nitrogen and oxygen atoms in total. The Kier molecular flexibility index (Phi) is 4.66. The van der Waals surface area contributed by atoms with Crippen molar-refractivity contribution < 1.29 is 10.2 Å². The van der Waals surface area contributed by atoms with Crippen LogP contribution in [0.4, 0.5) is 0 Å². The third kappa shape index (κ3) is 3.86. The van der Waals surface area contributed by atoms with E-state index in [-0.39, 0.29) is 11.5 Å². The highest BCUT2D eigenvalue weighted by Crippen LogP contribution is 2.30. The molecule has 2 N–H and O–H groups in total. The lowest BCUT2D eigenvalue weighted by Crippen LogP contribution is -2.15. The van der Waals surface area contributed by atoms with E-state index in [0.717, 1.165) is 23.2 Å². The molecule has 2 aromatic carbocycles. The van der Waals surface area contributed by atoms with Gasteiger partial charge in [-0.1, -0.05) is 29.8 Å². The monoisotopic (exact) mass is 283 g/mol. The Labute approximate surface area is 125 Å². The molecule has 0 atom stereocenters. The zero-order chi connectivity index (χ0) is 15.4.